The molecule has 0 saturated heterocycles. The van der Waals surface area contributed by atoms with E-state index in [1.807, 2.05) is 33.8 Å². The zero-order chi connectivity index (χ0) is 26.8. The molecule has 0 amide bonds. The van der Waals surface area contributed by atoms with Crippen LogP contribution in [0, 0.1) is 28.1 Å². The van der Waals surface area contributed by atoms with Crippen LogP contribution >= 0.6 is 0 Å². The second kappa shape index (κ2) is 10.7. The molecule has 4 heteroatoms. The minimum atomic E-state index is -1.29. The highest BCUT2D eigenvalue weighted by molar-refractivity contribution is 6.25. The molecule has 4 nitrogen and oxygen atoms in total. The Kier molecular flexibility index (Phi) is 8.96. The van der Waals surface area contributed by atoms with Crippen LogP contribution < -0.4 is 0 Å². The summed E-state index contributed by atoms with van der Waals surface area (Å²) < 4.78 is 5.66. The molecule has 0 aromatic rings. The molecule has 0 unspecified atom stereocenters. The lowest BCUT2D eigenvalue weighted by atomic mass is 9.39. The Morgan fingerprint density at radius 2 is 1.74 bits per heavy atom. The first-order chi connectivity index (χ1) is 16.1. The molecule has 1 fully saturated rings. The number of hydrogen-bond acceptors (Lipinski definition) is 4. The zero-order valence-corrected chi connectivity index (χ0v) is 23.8. The van der Waals surface area contributed by atoms with E-state index >= 15 is 0 Å². The van der Waals surface area contributed by atoms with E-state index < -0.39 is 16.2 Å². The molecule has 1 saturated carbocycles. The van der Waals surface area contributed by atoms with Crippen molar-refractivity contribution in [2.45, 2.75) is 106 Å². The highest BCUT2D eigenvalue weighted by atomic mass is 16.5. The van der Waals surface area contributed by atoms with E-state index in [-0.39, 0.29) is 34.8 Å². The van der Waals surface area contributed by atoms with Crippen LogP contribution in [0.1, 0.15) is 101 Å². The molecule has 2 aliphatic rings. The van der Waals surface area contributed by atoms with Crippen molar-refractivity contribution in [2.75, 3.05) is 7.11 Å². The quantitative estimate of drug-likeness (QED) is 0.229. The summed E-state index contributed by atoms with van der Waals surface area (Å²) in [7, 11) is 1.72. The van der Waals surface area contributed by atoms with Gasteiger partial charge in [-0.05, 0) is 97.5 Å². The number of carbonyl (C=O) groups is 3. The highest BCUT2D eigenvalue weighted by Crippen LogP contribution is 2.65. The number of fused-ring (bicyclic) bond motifs is 2. The van der Waals surface area contributed by atoms with Gasteiger partial charge in [-0.1, -0.05) is 50.1 Å². The summed E-state index contributed by atoms with van der Waals surface area (Å²) in [5.74, 6) is -0.645. The molecule has 0 heterocycles. The summed E-state index contributed by atoms with van der Waals surface area (Å²) in [5, 5.41) is 0. The largest absolute Gasteiger partial charge is 0.379 e. The lowest BCUT2D eigenvalue weighted by Gasteiger charge is -2.60. The van der Waals surface area contributed by atoms with E-state index in [0.29, 0.717) is 12.8 Å². The van der Waals surface area contributed by atoms with Crippen LogP contribution in [0.15, 0.2) is 35.5 Å². The molecule has 2 rings (SSSR count). The van der Waals surface area contributed by atoms with Crippen LogP contribution in [0.25, 0.3) is 0 Å². The molecule has 35 heavy (non-hydrogen) atoms. The average Bonchev–Trinajstić information content (AvgIpc) is 2.76. The average molecular weight is 485 g/mol. The predicted molar refractivity (Wildman–Crippen MR) is 143 cm³/mol. The summed E-state index contributed by atoms with van der Waals surface area (Å²) in [6.45, 7) is 18.2. The molecule has 0 radical (unpaired) electrons. The van der Waals surface area contributed by atoms with E-state index in [1.54, 1.807) is 19.3 Å². The van der Waals surface area contributed by atoms with E-state index in [4.69, 9.17) is 4.74 Å². The third-order valence-corrected chi connectivity index (χ3v) is 8.76. The summed E-state index contributed by atoms with van der Waals surface area (Å²) in [4.78, 5) is 42.2. The molecule has 0 N–H and O–H groups in total. The van der Waals surface area contributed by atoms with E-state index in [0.717, 1.165) is 31.3 Å². The molecular formula is C31H48O4. The minimum Gasteiger partial charge on any atom is -0.379 e. The summed E-state index contributed by atoms with van der Waals surface area (Å²) in [6, 6.07) is 0. The maximum atomic E-state index is 14.6. The van der Waals surface area contributed by atoms with Crippen molar-refractivity contribution >= 4 is 17.3 Å². The number of carbonyl (C=O) groups excluding carboxylic acids is 3. The Hall–Kier alpha value is -1.81. The summed E-state index contributed by atoms with van der Waals surface area (Å²) >= 11 is 0. The van der Waals surface area contributed by atoms with Gasteiger partial charge in [0.15, 0.2) is 17.3 Å². The van der Waals surface area contributed by atoms with Crippen LogP contribution in [0.3, 0.4) is 0 Å². The fourth-order valence-corrected chi connectivity index (χ4v) is 6.23. The molecule has 0 aliphatic heterocycles. The number of ether oxygens (including phenoxy) is 1. The van der Waals surface area contributed by atoms with Crippen molar-refractivity contribution < 1.29 is 19.1 Å². The van der Waals surface area contributed by atoms with E-state index in [1.165, 1.54) is 5.57 Å². The molecular weight excluding hydrogens is 436 g/mol. The lowest BCUT2D eigenvalue weighted by Crippen LogP contribution is -2.67. The Bertz CT molecular complexity index is 926. The maximum Gasteiger partial charge on any atom is 0.169 e. The van der Waals surface area contributed by atoms with E-state index in [2.05, 4.69) is 40.7 Å². The van der Waals surface area contributed by atoms with Gasteiger partial charge < -0.3 is 4.74 Å². The molecule has 0 spiro atoms. The van der Waals surface area contributed by atoms with Gasteiger partial charge in [-0.2, -0.15) is 0 Å². The van der Waals surface area contributed by atoms with Gasteiger partial charge in [-0.15, -0.1) is 0 Å². The third-order valence-electron chi connectivity index (χ3n) is 8.76. The third kappa shape index (κ3) is 5.33. The SMILES string of the molecule is COC(C)(C)CCC[C@@]1(C)[C@H](CC=C(C)C)C[C@@]2(CC=C(C)C)C(=O)C=C[C@]1(C(=O)C(C)C)C2=O. The smallest absolute Gasteiger partial charge is 0.169 e. The standard InChI is InChI=1S/C31H48O4/c1-21(2)12-13-24-20-30(18-14-22(3)4)25(32)15-19-31(27(30)34,26(33)23(5)6)29(24,9)17-11-16-28(7,8)35-10/h12,14-15,19,23-24H,11,13,16-18,20H2,1-10H3/t24-,29+,30+,31+/m1/s1. The van der Waals surface area contributed by atoms with Crippen molar-refractivity contribution in [3.05, 3.63) is 35.5 Å². The summed E-state index contributed by atoms with van der Waals surface area (Å²) in [6.07, 6.45) is 11.5. The van der Waals surface area contributed by atoms with Gasteiger partial charge in [0.1, 0.15) is 5.41 Å². The number of allylic oxidation sites excluding steroid dienone is 6. The van der Waals surface area contributed by atoms with Crippen LogP contribution in [0.2, 0.25) is 0 Å². The first kappa shape index (κ1) is 29.4. The zero-order valence-electron chi connectivity index (χ0n) is 23.8. The summed E-state index contributed by atoms with van der Waals surface area (Å²) in [5.41, 5.74) is -1.04. The topological polar surface area (TPSA) is 60.4 Å². The van der Waals surface area contributed by atoms with Crippen molar-refractivity contribution in [2.24, 2.45) is 28.1 Å². The van der Waals surface area contributed by atoms with Crippen LogP contribution in [0.5, 0.6) is 0 Å². The number of hydrogen-bond donors (Lipinski definition) is 0. The van der Waals surface area contributed by atoms with Gasteiger partial charge in [-0.25, -0.2) is 0 Å². The molecule has 2 aliphatic carbocycles. The Labute approximate surface area is 213 Å². The number of ketones is 3. The first-order valence-corrected chi connectivity index (χ1v) is 13.2. The van der Waals surface area contributed by atoms with Crippen molar-refractivity contribution in [3.8, 4) is 0 Å². The van der Waals surface area contributed by atoms with Gasteiger partial charge >= 0.3 is 0 Å². The van der Waals surface area contributed by atoms with Crippen LogP contribution in [-0.2, 0) is 19.1 Å². The van der Waals surface area contributed by atoms with Gasteiger partial charge in [0.2, 0.25) is 0 Å². The first-order valence-electron chi connectivity index (χ1n) is 13.2. The Balaban J connectivity index is 2.77. The maximum absolute atomic E-state index is 14.6. The van der Waals surface area contributed by atoms with Gasteiger partial charge in [0, 0.05) is 13.0 Å². The fourth-order valence-electron chi connectivity index (χ4n) is 6.23. The monoisotopic (exact) mass is 484 g/mol. The number of methoxy groups -OCH3 is 1. The lowest BCUT2D eigenvalue weighted by molar-refractivity contribution is -0.172. The van der Waals surface area contributed by atoms with Crippen molar-refractivity contribution in [3.63, 3.8) is 0 Å². The molecule has 4 atom stereocenters. The molecule has 0 aromatic carbocycles. The second-order valence-corrected chi connectivity index (χ2v) is 12.6. The van der Waals surface area contributed by atoms with Gasteiger partial charge in [0.05, 0.1) is 11.0 Å². The van der Waals surface area contributed by atoms with Crippen LogP contribution in [-0.4, -0.2) is 30.1 Å². The van der Waals surface area contributed by atoms with E-state index in [9.17, 15) is 14.4 Å². The predicted octanol–water partition coefficient (Wildman–Crippen LogP) is 7.23. The minimum absolute atomic E-state index is 0.0305. The molecule has 2 bridgehead atoms. The number of Topliss-reactive ketones (excluding diaryl/α,β-unsaturated/α-hetero) is 2. The van der Waals surface area contributed by atoms with Gasteiger partial charge in [0.25, 0.3) is 0 Å². The normalized spacial score (nSPS) is 30.4. The fraction of sp³-hybridized carbons (Fsp3) is 0.710. The van der Waals surface area contributed by atoms with Crippen molar-refractivity contribution in [1.29, 1.82) is 0 Å². The van der Waals surface area contributed by atoms with Crippen LogP contribution in [0.4, 0.5) is 0 Å². The number of rotatable bonds is 11. The Morgan fingerprint density at radius 3 is 2.26 bits per heavy atom. The molecule has 196 valence electrons. The second-order valence-electron chi connectivity index (χ2n) is 12.6. The molecule has 0 aromatic heterocycles. The van der Waals surface area contributed by atoms with Crippen molar-refractivity contribution in [1.82, 2.24) is 0 Å². The van der Waals surface area contributed by atoms with Gasteiger partial charge in [-0.3, -0.25) is 14.4 Å². The Morgan fingerprint density at radius 1 is 1.14 bits per heavy atom. The highest BCUT2D eigenvalue weighted by Gasteiger charge is 2.70.